The highest BCUT2D eigenvalue weighted by molar-refractivity contribution is 6.35. The number of ether oxygens (including phenoxy) is 1. The van der Waals surface area contributed by atoms with E-state index in [0.717, 1.165) is 18.7 Å². The molecule has 1 aliphatic heterocycles. The molecule has 1 aromatic rings. The van der Waals surface area contributed by atoms with Crippen LogP contribution in [-0.4, -0.2) is 36.7 Å². The monoisotopic (exact) mass is 308 g/mol. The molecule has 0 radical (unpaired) electrons. The summed E-state index contributed by atoms with van der Waals surface area (Å²) in [6.07, 6.45) is 0.0784. The zero-order chi connectivity index (χ0) is 13.0. The van der Waals surface area contributed by atoms with Gasteiger partial charge in [-0.2, -0.15) is 0 Å². The first kappa shape index (κ1) is 14.4. The molecule has 1 aromatic carbocycles. The van der Waals surface area contributed by atoms with E-state index in [-0.39, 0.29) is 6.10 Å². The van der Waals surface area contributed by atoms with Crippen LogP contribution in [0.5, 0.6) is 0 Å². The lowest BCUT2D eigenvalue weighted by Crippen LogP contribution is -2.49. The summed E-state index contributed by atoms with van der Waals surface area (Å²) in [6.45, 7) is 2.88. The molecule has 0 unspecified atom stereocenters. The van der Waals surface area contributed by atoms with Crippen LogP contribution >= 0.6 is 34.8 Å². The molecule has 1 saturated heterocycles. The second kappa shape index (κ2) is 6.94. The third-order valence-electron chi connectivity index (χ3n) is 2.85. The van der Waals surface area contributed by atoms with Crippen molar-refractivity contribution in [1.82, 2.24) is 10.4 Å². The van der Waals surface area contributed by atoms with Gasteiger partial charge in [0.1, 0.15) is 0 Å². The average molecular weight is 310 g/mol. The summed E-state index contributed by atoms with van der Waals surface area (Å²) in [4.78, 5) is 0. The second-order valence-corrected chi connectivity index (χ2v) is 5.25. The van der Waals surface area contributed by atoms with E-state index in [0.29, 0.717) is 29.1 Å². The average Bonchev–Trinajstić information content (AvgIpc) is 2.38. The Balaban J connectivity index is 1.91. The van der Waals surface area contributed by atoms with Crippen LogP contribution in [0.3, 0.4) is 0 Å². The molecule has 2 rings (SSSR count). The largest absolute Gasteiger partial charge is 0.374 e. The highest BCUT2D eigenvalue weighted by Gasteiger charge is 2.19. The maximum absolute atomic E-state index is 6.11. The number of benzene rings is 1. The summed E-state index contributed by atoms with van der Waals surface area (Å²) in [5, 5.41) is 3.45. The van der Waals surface area contributed by atoms with Gasteiger partial charge in [-0.15, -0.1) is 11.6 Å². The fourth-order valence-electron chi connectivity index (χ4n) is 1.85. The fraction of sp³-hybridized carbons (Fsp3) is 0.500. The number of hydrazine groups is 1. The van der Waals surface area contributed by atoms with Crippen molar-refractivity contribution >= 4 is 34.8 Å². The van der Waals surface area contributed by atoms with Gasteiger partial charge in [-0.1, -0.05) is 29.3 Å². The molecule has 1 fully saturated rings. The molecular weight excluding hydrogens is 295 g/mol. The van der Waals surface area contributed by atoms with Gasteiger partial charge in [0.25, 0.3) is 0 Å². The molecule has 3 nitrogen and oxygen atoms in total. The van der Waals surface area contributed by atoms with E-state index in [1.165, 1.54) is 0 Å². The molecule has 100 valence electrons. The fourth-order valence-corrected chi connectivity index (χ4v) is 2.57. The van der Waals surface area contributed by atoms with E-state index in [9.17, 15) is 0 Å². The molecule has 0 bridgehead atoms. The lowest BCUT2D eigenvalue weighted by Gasteiger charge is -2.32. The molecule has 6 heteroatoms. The summed E-state index contributed by atoms with van der Waals surface area (Å²) in [5.41, 5.74) is 4.22. The van der Waals surface area contributed by atoms with E-state index >= 15 is 0 Å². The van der Waals surface area contributed by atoms with Crippen molar-refractivity contribution in [3.63, 3.8) is 0 Å². The van der Waals surface area contributed by atoms with E-state index in [4.69, 9.17) is 39.5 Å². The summed E-state index contributed by atoms with van der Waals surface area (Å²) >= 11 is 18.0. The van der Waals surface area contributed by atoms with Gasteiger partial charge in [-0.25, -0.2) is 5.01 Å². The van der Waals surface area contributed by atoms with Crippen LogP contribution in [0.2, 0.25) is 10.0 Å². The summed E-state index contributed by atoms with van der Waals surface area (Å²) in [5.74, 6) is 0.505. The van der Waals surface area contributed by atoms with Crippen molar-refractivity contribution in [2.75, 3.05) is 25.6 Å². The molecule has 18 heavy (non-hydrogen) atoms. The third-order valence-corrected chi connectivity index (χ3v) is 3.90. The smallest absolute Gasteiger partial charge is 0.0851 e. The van der Waals surface area contributed by atoms with Crippen LogP contribution in [0, 0.1) is 0 Å². The molecule has 1 heterocycles. The van der Waals surface area contributed by atoms with Gasteiger partial charge in [0.15, 0.2) is 0 Å². The molecule has 0 saturated carbocycles. The Morgan fingerprint density at radius 2 is 2.06 bits per heavy atom. The van der Waals surface area contributed by atoms with Crippen molar-refractivity contribution in [2.45, 2.75) is 12.6 Å². The van der Waals surface area contributed by atoms with Crippen molar-refractivity contribution in [3.05, 3.63) is 33.8 Å². The number of rotatable bonds is 4. The Labute approximate surface area is 122 Å². The third kappa shape index (κ3) is 3.73. The molecule has 1 N–H and O–H groups in total. The Hall–Kier alpha value is -0.0300. The molecule has 0 aliphatic carbocycles. The Bertz CT molecular complexity index is 383. The first-order valence-electron chi connectivity index (χ1n) is 5.79. The molecule has 1 atom stereocenters. The highest BCUT2D eigenvalue weighted by Crippen LogP contribution is 2.24. The van der Waals surface area contributed by atoms with Gasteiger partial charge in [0.2, 0.25) is 0 Å². The standard InChI is InChI=1S/C12H15Cl3N2O/c13-6-9-8-17(4-5-18-9)16-7-10-11(14)2-1-3-12(10)15/h1-3,9,16H,4-8H2/t9-/m1/s1. The van der Waals surface area contributed by atoms with Crippen LogP contribution in [-0.2, 0) is 11.3 Å². The first-order chi connectivity index (χ1) is 8.70. The molecule has 0 amide bonds. The molecule has 1 aliphatic rings. The normalized spacial score (nSPS) is 21.2. The molecular formula is C12H15Cl3N2O. The van der Waals surface area contributed by atoms with Crippen molar-refractivity contribution in [2.24, 2.45) is 0 Å². The van der Waals surface area contributed by atoms with Crippen LogP contribution in [0.1, 0.15) is 5.56 Å². The van der Waals surface area contributed by atoms with Crippen LogP contribution in [0.4, 0.5) is 0 Å². The first-order valence-corrected chi connectivity index (χ1v) is 7.08. The number of nitrogens with zero attached hydrogens (tertiary/aromatic N) is 1. The predicted molar refractivity (Wildman–Crippen MR) is 75.3 cm³/mol. The van der Waals surface area contributed by atoms with E-state index in [1.54, 1.807) is 0 Å². The van der Waals surface area contributed by atoms with Crippen molar-refractivity contribution < 1.29 is 4.74 Å². The maximum atomic E-state index is 6.11. The quantitative estimate of drug-likeness (QED) is 0.866. The van der Waals surface area contributed by atoms with Crippen molar-refractivity contribution in [1.29, 1.82) is 0 Å². The minimum Gasteiger partial charge on any atom is -0.374 e. The lowest BCUT2D eigenvalue weighted by atomic mass is 10.2. The number of hydrogen-bond donors (Lipinski definition) is 1. The van der Waals surface area contributed by atoms with Crippen LogP contribution in [0.25, 0.3) is 0 Å². The minimum atomic E-state index is 0.0784. The van der Waals surface area contributed by atoms with Gasteiger partial charge in [-0.3, -0.25) is 5.43 Å². The number of morpholine rings is 1. The predicted octanol–water partition coefficient (Wildman–Crippen LogP) is 2.94. The maximum Gasteiger partial charge on any atom is 0.0851 e. The second-order valence-electron chi connectivity index (χ2n) is 4.13. The van der Waals surface area contributed by atoms with Gasteiger partial charge >= 0.3 is 0 Å². The number of hydrogen-bond acceptors (Lipinski definition) is 3. The zero-order valence-corrected chi connectivity index (χ0v) is 12.1. The lowest BCUT2D eigenvalue weighted by molar-refractivity contribution is -0.0374. The van der Waals surface area contributed by atoms with E-state index < -0.39 is 0 Å². The summed E-state index contributed by atoms with van der Waals surface area (Å²) in [7, 11) is 0. The van der Waals surface area contributed by atoms with Crippen LogP contribution in [0.15, 0.2) is 18.2 Å². The van der Waals surface area contributed by atoms with Crippen molar-refractivity contribution in [3.8, 4) is 0 Å². The topological polar surface area (TPSA) is 24.5 Å². The summed E-state index contributed by atoms with van der Waals surface area (Å²) < 4.78 is 5.49. The van der Waals surface area contributed by atoms with Gasteiger partial charge in [0, 0.05) is 41.1 Å². The Morgan fingerprint density at radius 1 is 1.33 bits per heavy atom. The van der Waals surface area contributed by atoms with E-state index in [2.05, 4.69) is 10.4 Å². The zero-order valence-electron chi connectivity index (χ0n) is 9.83. The van der Waals surface area contributed by atoms with E-state index in [1.807, 2.05) is 18.2 Å². The van der Waals surface area contributed by atoms with Gasteiger partial charge in [-0.05, 0) is 12.1 Å². The summed E-state index contributed by atoms with van der Waals surface area (Å²) in [6, 6.07) is 5.52. The van der Waals surface area contributed by atoms with Gasteiger partial charge < -0.3 is 4.74 Å². The minimum absolute atomic E-state index is 0.0784. The molecule has 0 aromatic heterocycles. The number of nitrogens with one attached hydrogen (secondary N) is 1. The van der Waals surface area contributed by atoms with Gasteiger partial charge in [0.05, 0.1) is 12.7 Å². The Morgan fingerprint density at radius 3 is 2.72 bits per heavy atom. The highest BCUT2D eigenvalue weighted by atomic mass is 35.5. The molecule has 0 spiro atoms. The SMILES string of the molecule is ClC[C@@H]1CN(NCc2c(Cl)cccc2Cl)CCO1. The Kier molecular flexibility index (Phi) is 5.55. The van der Waals surface area contributed by atoms with Crippen LogP contribution < -0.4 is 5.43 Å². The number of alkyl halides is 1. The number of halogens is 3.